The number of nitrogens with zero attached hydrogens (tertiary/aromatic N) is 2. The van der Waals surface area contributed by atoms with Crippen LogP contribution in [0.5, 0.6) is 0 Å². The number of nitro benzene ring substituents is 1. The lowest BCUT2D eigenvalue weighted by molar-refractivity contribution is -0.387. The number of nitro groups is 1. The van der Waals surface area contributed by atoms with E-state index in [9.17, 15) is 19.3 Å². The van der Waals surface area contributed by atoms with E-state index in [1.165, 1.54) is 6.07 Å². The molecule has 7 heteroatoms. The van der Waals surface area contributed by atoms with Gasteiger partial charge in [-0.2, -0.15) is 4.39 Å². The largest absolute Gasteiger partial charge is 0.375 e. The van der Waals surface area contributed by atoms with Crippen LogP contribution in [-0.4, -0.2) is 41.0 Å². The minimum atomic E-state index is -1.000. The van der Waals surface area contributed by atoms with Crippen molar-refractivity contribution in [2.24, 2.45) is 0 Å². The Balaban J connectivity index is 2.26. The number of benzene rings is 1. The molecule has 1 aliphatic heterocycles. The van der Waals surface area contributed by atoms with Crippen molar-refractivity contribution in [3.8, 4) is 0 Å². The summed E-state index contributed by atoms with van der Waals surface area (Å²) in [5.41, 5.74) is -0.514. The highest BCUT2D eigenvalue weighted by Gasteiger charge is 2.30. The lowest BCUT2D eigenvalue weighted by Gasteiger charge is -2.38. The van der Waals surface area contributed by atoms with Crippen LogP contribution in [0.4, 0.5) is 10.1 Å². The van der Waals surface area contributed by atoms with Crippen LogP contribution in [-0.2, 0) is 4.74 Å². The van der Waals surface area contributed by atoms with Gasteiger partial charge in [-0.1, -0.05) is 6.92 Å². The van der Waals surface area contributed by atoms with Gasteiger partial charge in [0.25, 0.3) is 5.91 Å². The van der Waals surface area contributed by atoms with Gasteiger partial charge in [-0.05, 0) is 25.5 Å². The summed E-state index contributed by atoms with van der Waals surface area (Å²) < 4.78 is 19.2. The summed E-state index contributed by atoms with van der Waals surface area (Å²) in [5, 5.41) is 10.6. The molecule has 2 unspecified atom stereocenters. The van der Waals surface area contributed by atoms with Gasteiger partial charge in [0.15, 0.2) is 0 Å². The molecule has 6 nitrogen and oxygen atoms in total. The molecule has 114 valence electrons. The van der Waals surface area contributed by atoms with Gasteiger partial charge in [0, 0.05) is 18.2 Å². The molecule has 0 spiro atoms. The van der Waals surface area contributed by atoms with E-state index < -0.39 is 16.4 Å². The van der Waals surface area contributed by atoms with E-state index in [0.29, 0.717) is 13.2 Å². The van der Waals surface area contributed by atoms with Crippen molar-refractivity contribution in [2.75, 3.05) is 13.2 Å². The van der Waals surface area contributed by atoms with Gasteiger partial charge in [-0.25, -0.2) is 0 Å². The fourth-order valence-corrected chi connectivity index (χ4v) is 2.38. The first-order valence-corrected chi connectivity index (χ1v) is 6.80. The van der Waals surface area contributed by atoms with Crippen LogP contribution in [0.25, 0.3) is 0 Å². The molecular formula is C14H17FN2O4. The van der Waals surface area contributed by atoms with Crippen LogP contribution in [0.1, 0.15) is 30.6 Å². The van der Waals surface area contributed by atoms with E-state index >= 15 is 0 Å². The topological polar surface area (TPSA) is 72.7 Å². The average Bonchev–Trinajstić information content (AvgIpc) is 2.45. The molecule has 0 bridgehead atoms. The molecule has 21 heavy (non-hydrogen) atoms. The SMILES string of the molecule is CCC1COC(C)CN1C(=O)c1ccc([N+](=O)[O-])c(F)c1. The highest BCUT2D eigenvalue weighted by atomic mass is 19.1. The van der Waals surface area contributed by atoms with Crippen molar-refractivity contribution < 1.29 is 18.8 Å². The Morgan fingerprint density at radius 1 is 1.57 bits per heavy atom. The molecular weight excluding hydrogens is 279 g/mol. The number of ether oxygens (including phenoxy) is 1. The molecule has 2 atom stereocenters. The van der Waals surface area contributed by atoms with Crippen molar-refractivity contribution in [2.45, 2.75) is 32.4 Å². The Bertz CT molecular complexity index is 564. The third-order valence-electron chi connectivity index (χ3n) is 3.59. The van der Waals surface area contributed by atoms with E-state index in [1.807, 2.05) is 13.8 Å². The predicted molar refractivity (Wildman–Crippen MR) is 73.6 cm³/mol. The first-order valence-electron chi connectivity index (χ1n) is 6.80. The maximum Gasteiger partial charge on any atom is 0.304 e. The third-order valence-corrected chi connectivity index (χ3v) is 3.59. The number of carbonyl (C=O) groups excluding carboxylic acids is 1. The fraction of sp³-hybridized carbons (Fsp3) is 0.500. The van der Waals surface area contributed by atoms with E-state index in [0.717, 1.165) is 18.6 Å². The van der Waals surface area contributed by atoms with Crippen LogP contribution >= 0.6 is 0 Å². The van der Waals surface area contributed by atoms with Gasteiger partial charge in [0.05, 0.1) is 23.7 Å². The van der Waals surface area contributed by atoms with Gasteiger partial charge >= 0.3 is 5.69 Å². The zero-order valence-corrected chi connectivity index (χ0v) is 11.9. The molecule has 1 amide bonds. The zero-order chi connectivity index (χ0) is 15.6. The molecule has 1 aromatic carbocycles. The van der Waals surface area contributed by atoms with Crippen LogP contribution in [0.2, 0.25) is 0 Å². The van der Waals surface area contributed by atoms with Crippen molar-refractivity contribution in [1.29, 1.82) is 0 Å². The number of hydrogen-bond acceptors (Lipinski definition) is 4. The van der Waals surface area contributed by atoms with E-state index in [-0.39, 0.29) is 23.6 Å². The van der Waals surface area contributed by atoms with Crippen LogP contribution in [0.15, 0.2) is 18.2 Å². The second kappa shape index (κ2) is 6.17. The summed E-state index contributed by atoms with van der Waals surface area (Å²) in [6.45, 7) is 4.68. The summed E-state index contributed by atoms with van der Waals surface area (Å²) in [5.74, 6) is -1.33. The van der Waals surface area contributed by atoms with Crippen molar-refractivity contribution >= 4 is 11.6 Å². The minimum Gasteiger partial charge on any atom is -0.375 e. The molecule has 0 aliphatic carbocycles. The standard InChI is InChI=1S/C14H17FN2O4/c1-3-11-8-21-9(2)7-16(11)14(18)10-4-5-13(17(19)20)12(15)6-10/h4-6,9,11H,3,7-8H2,1-2H3. The molecule has 1 heterocycles. The highest BCUT2D eigenvalue weighted by molar-refractivity contribution is 5.94. The normalized spacial score (nSPS) is 22.1. The number of amides is 1. The summed E-state index contributed by atoms with van der Waals surface area (Å²) in [6.07, 6.45) is 0.646. The maximum atomic E-state index is 13.6. The van der Waals surface area contributed by atoms with Crippen LogP contribution in [0, 0.1) is 15.9 Å². The lowest BCUT2D eigenvalue weighted by Crippen LogP contribution is -2.51. The Morgan fingerprint density at radius 2 is 2.29 bits per heavy atom. The second-order valence-electron chi connectivity index (χ2n) is 5.09. The molecule has 0 radical (unpaired) electrons. The molecule has 0 N–H and O–H groups in total. The molecule has 1 fully saturated rings. The summed E-state index contributed by atoms with van der Waals surface area (Å²) in [6, 6.07) is 3.17. The van der Waals surface area contributed by atoms with Crippen LogP contribution < -0.4 is 0 Å². The van der Waals surface area contributed by atoms with E-state index in [2.05, 4.69) is 0 Å². The van der Waals surface area contributed by atoms with Gasteiger partial charge in [0.1, 0.15) is 0 Å². The van der Waals surface area contributed by atoms with E-state index in [1.54, 1.807) is 4.90 Å². The number of halogens is 1. The predicted octanol–water partition coefficient (Wildman–Crippen LogP) is 2.37. The van der Waals surface area contributed by atoms with Gasteiger partial charge in [0.2, 0.25) is 5.82 Å². The monoisotopic (exact) mass is 296 g/mol. The van der Waals surface area contributed by atoms with Gasteiger partial charge in [-0.3, -0.25) is 14.9 Å². The number of morpholine rings is 1. The second-order valence-corrected chi connectivity index (χ2v) is 5.09. The summed E-state index contributed by atoms with van der Waals surface area (Å²) in [7, 11) is 0. The maximum absolute atomic E-state index is 13.6. The Hall–Kier alpha value is -2.02. The lowest BCUT2D eigenvalue weighted by atomic mass is 10.1. The first kappa shape index (κ1) is 15.4. The molecule has 2 rings (SSSR count). The third kappa shape index (κ3) is 3.18. The fourth-order valence-electron chi connectivity index (χ4n) is 2.38. The minimum absolute atomic E-state index is 0.0630. The first-order chi connectivity index (χ1) is 9.93. The average molecular weight is 296 g/mol. The quantitative estimate of drug-likeness (QED) is 0.634. The molecule has 1 saturated heterocycles. The Labute approximate surface area is 121 Å². The van der Waals surface area contributed by atoms with Crippen molar-refractivity contribution in [3.63, 3.8) is 0 Å². The van der Waals surface area contributed by atoms with Gasteiger partial charge in [-0.15, -0.1) is 0 Å². The summed E-state index contributed by atoms with van der Waals surface area (Å²) in [4.78, 5) is 23.9. The van der Waals surface area contributed by atoms with Gasteiger partial charge < -0.3 is 9.64 Å². The molecule has 1 aliphatic rings. The molecule has 1 aromatic rings. The number of rotatable bonds is 3. The number of carbonyl (C=O) groups is 1. The highest BCUT2D eigenvalue weighted by Crippen LogP contribution is 2.22. The van der Waals surface area contributed by atoms with Crippen molar-refractivity contribution in [1.82, 2.24) is 4.90 Å². The Morgan fingerprint density at radius 3 is 2.86 bits per heavy atom. The van der Waals surface area contributed by atoms with Crippen molar-refractivity contribution in [3.05, 3.63) is 39.7 Å². The summed E-state index contributed by atoms with van der Waals surface area (Å²) >= 11 is 0. The molecule has 0 aromatic heterocycles. The smallest absolute Gasteiger partial charge is 0.304 e. The van der Waals surface area contributed by atoms with Crippen LogP contribution in [0.3, 0.4) is 0 Å². The zero-order valence-electron chi connectivity index (χ0n) is 11.9. The molecule has 0 saturated carbocycles. The Kier molecular flexibility index (Phi) is 4.52. The van der Waals surface area contributed by atoms with E-state index in [4.69, 9.17) is 4.74 Å². The number of hydrogen-bond donors (Lipinski definition) is 0.